The smallest absolute Gasteiger partial charge is 0.239 e. The van der Waals surface area contributed by atoms with Gasteiger partial charge in [0.15, 0.2) is 5.82 Å². The number of imidazole rings is 1. The van der Waals surface area contributed by atoms with Crippen LogP contribution in [0.25, 0.3) is 62.0 Å². The van der Waals surface area contributed by atoms with Gasteiger partial charge in [0.25, 0.3) is 0 Å². The SMILES string of the molecule is Cn1cc(Nc2cccn2C)c(-c2nc3nc(-c4ncc[nH]4)nc4nc(-c5cn(C)cc5Nc5cccn5C)c5ccc2c5n34)c1. The first kappa shape index (κ1) is 26.1. The molecule has 13 nitrogen and oxygen atoms in total. The van der Waals surface area contributed by atoms with Crippen LogP contribution in [-0.2, 0) is 28.2 Å². The molecule has 8 heterocycles. The van der Waals surface area contributed by atoms with Crippen LogP contribution in [0.15, 0.2) is 86.0 Å². The molecule has 0 amide bonds. The van der Waals surface area contributed by atoms with E-state index in [9.17, 15) is 0 Å². The molecule has 8 aromatic heterocycles. The zero-order valence-electron chi connectivity index (χ0n) is 25.6. The molecule has 226 valence electrons. The van der Waals surface area contributed by atoms with Crippen molar-refractivity contribution in [3.63, 3.8) is 0 Å². The lowest BCUT2D eigenvalue weighted by molar-refractivity contribution is 0.924. The molecule has 0 saturated heterocycles. The van der Waals surface area contributed by atoms with Gasteiger partial charge in [-0.3, -0.25) is 0 Å². The van der Waals surface area contributed by atoms with Gasteiger partial charge in [-0.25, -0.2) is 19.4 Å². The largest absolute Gasteiger partial charge is 0.354 e. The fourth-order valence-corrected chi connectivity index (χ4v) is 6.27. The fraction of sp³-hybridized carbons (Fsp3) is 0.121. The van der Waals surface area contributed by atoms with E-state index in [-0.39, 0.29) is 0 Å². The highest BCUT2D eigenvalue weighted by Gasteiger charge is 2.25. The number of aromatic nitrogens is 11. The van der Waals surface area contributed by atoms with Crippen molar-refractivity contribution in [2.75, 3.05) is 10.6 Å². The number of rotatable bonds is 7. The quantitative estimate of drug-likeness (QED) is 0.208. The summed E-state index contributed by atoms with van der Waals surface area (Å²) in [6, 6.07) is 12.4. The Morgan fingerprint density at radius 2 is 1.20 bits per heavy atom. The number of anilines is 4. The third-order valence-electron chi connectivity index (χ3n) is 8.44. The molecule has 9 aromatic rings. The minimum absolute atomic E-state index is 0.418. The van der Waals surface area contributed by atoms with Crippen LogP contribution >= 0.6 is 0 Å². The maximum Gasteiger partial charge on any atom is 0.239 e. The van der Waals surface area contributed by atoms with Gasteiger partial charge in [0, 0.05) is 99.7 Å². The van der Waals surface area contributed by atoms with Crippen molar-refractivity contribution in [1.29, 1.82) is 0 Å². The first-order valence-corrected chi connectivity index (χ1v) is 14.8. The van der Waals surface area contributed by atoms with E-state index in [0.717, 1.165) is 61.8 Å². The topological polar surface area (TPSA) is 128 Å². The van der Waals surface area contributed by atoms with Gasteiger partial charge in [0.05, 0.1) is 28.3 Å². The standard InChI is InChI=1S/C33H29N13/c1-42-15-21(23(17-42)36-25-7-5-13-44(25)3)27-19-9-10-20-28(22-16-43(2)18-24(22)37-26-8-6-14-45(26)4)39-33-41-31(30-34-11-12-35-30)40-32(38-27)46(33)29(19)20/h5-18,36-37H,1-4H3,(H,34,35). The molecule has 13 heteroatoms. The van der Waals surface area contributed by atoms with Gasteiger partial charge in [-0.05, 0) is 36.4 Å². The van der Waals surface area contributed by atoms with Crippen molar-refractivity contribution in [2.45, 2.75) is 0 Å². The van der Waals surface area contributed by atoms with Gasteiger partial charge in [-0.1, -0.05) is 0 Å². The zero-order chi connectivity index (χ0) is 31.1. The molecule has 9 rings (SSSR count). The molecule has 0 saturated carbocycles. The number of aromatic amines is 1. The second-order valence-electron chi connectivity index (χ2n) is 11.6. The number of nitrogens with one attached hydrogen (secondary N) is 3. The minimum Gasteiger partial charge on any atom is -0.354 e. The normalized spacial score (nSPS) is 11.9. The Morgan fingerprint density at radius 1 is 0.652 bits per heavy atom. The predicted molar refractivity (Wildman–Crippen MR) is 179 cm³/mol. The van der Waals surface area contributed by atoms with Crippen LogP contribution < -0.4 is 10.6 Å². The van der Waals surface area contributed by atoms with Crippen molar-refractivity contribution in [3.05, 3.63) is 86.0 Å². The Kier molecular flexibility index (Phi) is 5.42. The fourth-order valence-electron chi connectivity index (χ4n) is 6.27. The Balaban J connectivity index is 1.33. The first-order valence-electron chi connectivity index (χ1n) is 14.8. The monoisotopic (exact) mass is 607 g/mol. The highest BCUT2D eigenvalue weighted by Crippen LogP contribution is 2.42. The Morgan fingerprint density at radius 3 is 1.65 bits per heavy atom. The lowest BCUT2D eigenvalue weighted by Crippen LogP contribution is -2.08. The molecule has 0 atom stereocenters. The number of hydrogen-bond donors (Lipinski definition) is 3. The lowest BCUT2D eigenvalue weighted by atomic mass is 10.1. The van der Waals surface area contributed by atoms with Crippen LogP contribution in [0.4, 0.5) is 23.0 Å². The van der Waals surface area contributed by atoms with Gasteiger partial charge >= 0.3 is 0 Å². The maximum absolute atomic E-state index is 5.18. The van der Waals surface area contributed by atoms with E-state index in [1.165, 1.54) is 0 Å². The summed E-state index contributed by atoms with van der Waals surface area (Å²) in [6.45, 7) is 0. The van der Waals surface area contributed by atoms with Crippen molar-refractivity contribution >= 4 is 50.9 Å². The van der Waals surface area contributed by atoms with Crippen molar-refractivity contribution in [1.82, 2.24) is 52.6 Å². The number of H-pyrrole nitrogens is 1. The van der Waals surface area contributed by atoms with Crippen LogP contribution in [0.2, 0.25) is 0 Å². The molecule has 3 N–H and O–H groups in total. The van der Waals surface area contributed by atoms with E-state index >= 15 is 0 Å². The molecular formula is C33H29N13. The molecule has 0 radical (unpaired) electrons. The highest BCUT2D eigenvalue weighted by molar-refractivity contribution is 6.12. The first-order chi connectivity index (χ1) is 22.4. The number of aryl methyl sites for hydroxylation is 4. The summed E-state index contributed by atoms with van der Waals surface area (Å²) < 4.78 is 10.1. The lowest BCUT2D eigenvalue weighted by Gasteiger charge is -2.15. The summed E-state index contributed by atoms with van der Waals surface area (Å²) >= 11 is 0. The Hall–Kier alpha value is -6.37. The van der Waals surface area contributed by atoms with Gasteiger partial charge in [-0.15, -0.1) is 0 Å². The van der Waals surface area contributed by atoms with Crippen molar-refractivity contribution in [2.24, 2.45) is 28.2 Å². The second kappa shape index (κ2) is 9.56. The van der Waals surface area contributed by atoms with Crippen LogP contribution in [0.5, 0.6) is 0 Å². The van der Waals surface area contributed by atoms with Crippen LogP contribution in [0, 0.1) is 0 Å². The molecule has 0 fully saturated rings. The van der Waals surface area contributed by atoms with E-state index in [1.807, 2.05) is 87.5 Å². The Bertz CT molecular complexity index is 2380. The van der Waals surface area contributed by atoms with Crippen molar-refractivity contribution in [3.8, 4) is 34.2 Å². The van der Waals surface area contributed by atoms with Crippen LogP contribution in [0.3, 0.4) is 0 Å². The Labute approximate surface area is 262 Å². The number of hydrogen-bond acceptors (Lipinski definition) is 7. The van der Waals surface area contributed by atoms with Gasteiger partial charge in [0.1, 0.15) is 11.6 Å². The van der Waals surface area contributed by atoms with E-state index in [4.69, 9.17) is 19.9 Å². The van der Waals surface area contributed by atoms with Crippen LogP contribution in [-0.4, -0.2) is 52.6 Å². The van der Waals surface area contributed by atoms with E-state index in [1.54, 1.807) is 12.4 Å². The summed E-state index contributed by atoms with van der Waals surface area (Å²) in [6.07, 6.45) is 15.8. The van der Waals surface area contributed by atoms with Crippen molar-refractivity contribution < 1.29 is 0 Å². The van der Waals surface area contributed by atoms with E-state index < -0.39 is 0 Å². The second-order valence-corrected chi connectivity index (χ2v) is 11.6. The molecule has 0 aliphatic heterocycles. The third kappa shape index (κ3) is 3.91. The summed E-state index contributed by atoms with van der Waals surface area (Å²) in [7, 11) is 8.07. The molecule has 0 spiro atoms. The van der Waals surface area contributed by atoms with E-state index in [2.05, 4.69) is 57.5 Å². The highest BCUT2D eigenvalue weighted by atomic mass is 15.2. The summed E-state index contributed by atoms with van der Waals surface area (Å²) in [4.78, 5) is 27.7. The molecule has 0 aliphatic carbocycles. The molecule has 1 aromatic carbocycles. The molecule has 0 unspecified atom stereocenters. The average molecular weight is 608 g/mol. The molecule has 0 bridgehead atoms. The average Bonchev–Trinajstić information content (AvgIpc) is 3.89. The summed E-state index contributed by atoms with van der Waals surface area (Å²) in [5.41, 5.74) is 6.36. The number of nitrogens with zero attached hydrogens (tertiary/aromatic N) is 10. The zero-order valence-corrected chi connectivity index (χ0v) is 25.6. The molecule has 0 aliphatic rings. The minimum atomic E-state index is 0.418. The van der Waals surface area contributed by atoms with Crippen LogP contribution in [0.1, 0.15) is 0 Å². The van der Waals surface area contributed by atoms with E-state index in [0.29, 0.717) is 23.2 Å². The summed E-state index contributed by atoms with van der Waals surface area (Å²) in [5, 5.41) is 9.15. The summed E-state index contributed by atoms with van der Waals surface area (Å²) in [5.74, 6) is 3.88. The van der Waals surface area contributed by atoms with Gasteiger partial charge in [0.2, 0.25) is 17.4 Å². The maximum atomic E-state index is 5.18. The molecular weight excluding hydrogens is 578 g/mol. The van der Waals surface area contributed by atoms with Gasteiger partial charge < -0.3 is 33.9 Å². The third-order valence-corrected chi connectivity index (χ3v) is 8.44. The van der Waals surface area contributed by atoms with Gasteiger partial charge in [-0.2, -0.15) is 9.97 Å². The molecule has 46 heavy (non-hydrogen) atoms. The predicted octanol–water partition coefficient (Wildman–Crippen LogP) is 5.83.